The highest BCUT2D eigenvalue weighted by molar-refractivity contribution is 6.69. The number of allylic oxidation sites excluding steroid dienone is 1. The van der Waals surface area contributed by atoms with Crippen molar-refractivity contribution in [2.45, 2.75) is 58.9 Å². The maximum Gasteiger partial charge on any atom is 0.330 e. The molecule has 0 aromatic carbocycles. The van der Waals surface area contributed by atoms with Crippen molar-refractivity contribution in [1.82, 2.24) is 0 Å². The van der Waals surface area contributed by atoms with Gasteiger partial charge in [-0.1, -0.05) is 96.3 Å². The van der Waals surface area contributed by atoms with E-state index >= 15 is 0 Å². The maximum absolute atomic E-state index is 11.2. The second-order valence-corrected chi connectivity index (χ2v) is 10.6. The molecule has 0 rings (SSSR count). The summed E-state index contributed by atoms with van der Waals surface area (Å²) in [7, 11) is 0. The van der Waals surface area contributed by atoms with Gasteiger partial charge in [0.15, 0.2) is 3.79 Å². The number of rotatable bonds is 9. The van der Waals surface area contributed by atoms with Crippen molar-refractivity contribution in [2.24, 2.45) is 0 Å². The van der Waals surface area contributed by atoms with Crippen molar-refractivity contribution in [3.8, 4) is 0 Å². The number of hydrogen-bond acceptors (Lipinski definition) is 4. The monoisotopic (exact) mass is 524 g/mol. The third kappa shape index (κ3) is 24.7. The molecule has 0 aliphatic carbocycles. The summed E-state index contributed by atoms with van der Waals surface area (Å²) >= 11 is 38.2. The summed E-state index contributed by atoms with van der Waals surface area (Å²) in [6.45, 7) is 4.76. The highest BCUT2D eigenvalue weighted by Crippen LogP contribution is 2.33. The normalized spacial score (nSPS) is 12.9. The van der Waals surface area contributed by atoms with Crippen LogP contribution in [0.4, 0.5) is 0 Å². The van der Waals surface area contributed by atoms with E-state index in [9.17, 15) is 9.59 Å². The van der Waals surface area contributed by atoms with E-state index < -0.39 is 24.9 Å². The summed E-state index contributed by atoms with van der Waals surface area (Å²) in [6, 6.07) is 0. The van der Waals surface area contributed by atoms with Crippen molar-refractivity contribution in [2.75, 3.05) is 13.2 Å². The number of unbranched alkanes of at least 4 members (excludes halogenated alkanes) is 2. The largest absolute Gasteiger partial charge is 0.465 e. The molecular weight excluding hydrogens is 504 g/mol. The Morgan fingerprint density at radius 2 is 1.41 bits per heavy atom. The average Bonchev–Trinajstić information content (AvgIpc) is 2.51. The van der Waals surface area contributed by atoms with E-state index in [2.05, 4.69) is 0 Å². The first kappa shape index (κ1) is 29.9. The summed E-state index contributed by atoms with van der Waals surface area (Å²) in [6.07, 6.45) is 5.79. The van der Waals surface area contributed by atoms with Crippen molar-refractivity contribution in [3.05, 3.63) is 12.2 Å². The second-order valence-electron chi connectivity index (χ2n) is 5.20. The van der Waals surface area contributed by atoms with E-state index in [0.717, 1.165) is 37.8 Å². The molecule has 0 fully saturated rings. The van der Waals surface area contributed by atoms with E-state index in [4.69, 9.17) is 90.7 Å². The fourth-order valence-corrected chi connectivity index (χ4v) is 2.41. The molecule has 27 heavy (non-hydrogen) atoms. The highest BCUT2D eigenvalue weighted by Gasteiger charge is 2.29. The van der Waals surface area contributed by atoms with Crippen molar-refractivity contribution < 1.29 is 19.1 Å². The van der Waals surface area contributed by atoms with Crippen LogP contribution >= 0.6 is 81.2 Å². The molecule has 0 amide bonds. The van der Waals surface area contributed by atoms with E-state index in [0.29, 0.717) is 13.2 Å². The van der Waals surface area contributed by atoms with Gasteiger partial charge in [-0.15, -0.1) is 11.6 Å². The number of alkyl halides is 7. The first-order valence-electron chi connectivity index (χ1n) is 8.12. The van der Waals surface area contributed by atoms with Crippen LogP contribution in [0.25, 0.3) is 0 Å². The molecule has 0 spiro atoms. The standard InChI is InChI=1S/C8H12Cl4O2.C8H11Cl3O2/c1-2-3-4-14-7(13)6(9)5-8(10,11)12;1-2-3-6-13-7(12)4-5-8(9,10)11/h6H,2-5H2,1H3;4-5H,2-3,6H2,1H3/b;5-4+. The lowest BCUT2D eigenvalue weighted by atomic mass is 10.3. The number of ether oxygens (including phenoxy) is 2. The lowest BCUT2D eigenvalue weighted by Gasteiger charge is -2.14. The molecule has 0 saturated carbocycles. The predicted molar refractivity (Wildman–Crippen MR) is 116 cm³/mol. The van der Waals surface area contributed by atoms with Gasteiger partial charge >= 0.3 is 11.9 Å². The molecule has 0 saturated heterocycles. The fourth-order valence-electron chi connectivity index (χ4n) is 1.22. The lowest BCUT2D eigenvalue weighted by Crippen LogP contribution is -2.23. The minimum Gasteiger partial charge on any atom is -0.465 e. The molecule has 0 bridgehead atoms. The number of esters is 2. The van der Waals surface area contributed by atoms with E-state index in [1.54, 1.807) is 0 Å². The number of halogens is 7. The van der Waals surface area contributed by atoms with Gasteiger partial charge in [0.05, 0.1) is 13.2 Å². The Labute approximate surface area is 195 Å². The minimum absolute atomic E-state index is 0.0514. The van der Waals surface area contributed by atoms with Crippen LogP contribution in [-0.4, -0.2) is 38.1 Å². The molecule has 1 atom stereocenters. The number of hydrogen-bond donors (Lipinski definition) is 0. The quantitative estimate of drug-likeness (QED) is 0.141. The van der Waals surface area contributed by atoms with Gasteiger partial charge in [-0.2, -0.15) is 0 Å². The zero-order valence-corrected chi connectivity index (χ0v) is 20.3. The first-order valence-corrected chi connectivity index (χ1v) is 10.8. The van der Waals surface area contributed by atoms with Crippen LogP contribution in [0.1, 0.15) is 46.0 Å². The molecule has 4 nitrogen and oxygen atoms in total. The summed E-state index contributed by atoms with van der Waals surface area (Å²) in [4.78, 5) is 22.0. The third-order valence-electron chi connectivity index (χ3n) is 2.56. The molecule has 0 aliphatic rings. The minimum atomic E-state index is -1.54. The van der Waals surface area contributed by atoms with E-state index in [1.807, 2.05) is 13.8 Å². The molecule has 0 aromatic heterocycles. The third-order valence-corrected chi connectivity index (χ3v) is 3.73. The summed E-state index contributed by atoms with van der Waals surface area (Å²) in [5, 5.41) is -0.903. The van der Waals surface area contributed by atoms with Crippen LogP contribution in [0.2, 0.25) is 0 Å². The Morgan fingerprint density at radius 3 is 1.81 bits per heavy atom. The van der Waals surface area contributed by atoms with Gasteiger partial charge < -0.3 is 9.47 Å². The summed E-state index contributed by atoms with van der Waals surface area (Å²) < 4.78 is 6.56. The van der Waals surface area contributed by atoms with Crippen LogP contribution < -0.4 is 0 Å². The van der Waals surface area contributed by atoms with E-state index in [-0.39, 0.29) is 6.42 Å². The predicted octanol–water partition coefficient (Wildman–Crippen LogP) is 6.95. The van der Waals surface area contributed by atoms with Gasteiger partial charge in [0, 0.05) is 12.5 Å². The van der Waals surface area contributed by atoms with Gasteiger partial charge in [0.2, 0.25) is 3.79 Å². The van der Waals surface area contributed by atoms with Gasteiger partial charge in [0.1, 0.15) is 5.38 Å². The average molecular weight is 528 g/mol. The van der Waals surface area contributed by atoms with Gasteiger partial charge in [-0.25, -0.2) is 4.79 Å². The topological polar surface area (TPSA) is 52.6 Å². The molecule has 0 aromatic rings. The molecule has 0 aliphatic heterocycles. The molecule has 0 radical (unpaired) electrons. The van der Waals surface area contributed by atoms with Crippen molar-refractivity contribution in [3.63, 3.8) is 0 Å². The lowest BCUT2D eigenvalue weighted by molar-refractivity contribution is -0.143. The molecular formula is C16H23Cl7O4. The fraction of sp³-hybridized carbons (Fsp3) is 0.750. The molecule has 1 unspecified atom stereocenters. The molecule has 0 N–H and O–H groups in total. The van der Waals surface area contributed by atoms with Crippen LogP contribution in [0, 0.1) is 0 Å². The van der Waals surface area contributed by atoms with Crippen LogP contribution in [0.3, 0.4) is 0 Å². The van der Waals surface area contributed by atoms with Crippen molar-refractivity contribution >= 4 is 93.1 Å². The van der Waals surface area contributed by atoms with Crippen LogP contribution in [0.15, 0.2) is 12.2 Å². The Balaban J connectivity index is 0. The Hall–Kier alpha value is 0.710. The van der Waals surface area contributed by atoms with Crippen LogP contribution in [-0.2, 0) is 19.1 Å². The first-order chi connectivity index (χ1) is 12.3. The van der Waals surface area contributed by atoms with E-state index in [1.165, 1.54) is 0 Å². The zero-order chi connectivity index (χ0) is 21.5. The summed E-state index contributed by atoms with van der Waals surface area (Å²) in [5.74, 6) is -1.02. The molecule has 11 heteroatoms. The second kappa shape index (κ2) is 16.5. The van der Waals surface area contributed by atoms with Gasteiger partial charge in [0.25, 0.3) is 0 Å². The van der Waals surface area contributed by atoms with Gasteiger partial charge in [-0.3, -0.25) is 4.79 Å². The SMILES string of the molecule is CCCCOC(=O)/C=C/C(Cl)(Cl)Cl.CCCCOC(=O)C(Cl)CC(Cl)(Cl)Cl. The number of carbonyl (C=O) groups is 2. The van der Waals surface area contributed by atoms with Gasteiger partial charge in [-0.05, 0) is 18.9 Å². The Bertz CT molecular complexity index is 445. The maximum atomic E-state index is 11.2. The zero-order valence-electron chi connectivity index (χ0n) is 15.0. The Morgan fingerprint density at radius 1 is 0.926 bits per heavy atom. The summed E-state index contributed by atoms with van der Waals surface area (Å²) in [5.41, 5.74) is 0. The van der Waals surface area contributed by atoms with Crippen LogP contribution in [0.5, 0.6) is 0 Å². The Kier molecular flexibility index (Phi) is 18.3. The molecule has 0 heterocycles. The van der Waals surface area contributed by atoms with Crippen molar-refractivity contribution in [1.29, 1.82) is 0 Å². The molecule has 160 valence electrons. The highest BCUT2D eigenvalue weighted by atomic mass is 35.6. The number of carbonyl (C=O) groups excluding carboxylic acids is 2. The smallest absolute Gasteiger partial charge is 0.330 e.